The van der Waals surface area contributed by atoms with Gasteiger partial charge < -0.3 is 0 Å². The topological polar surface area (TPSA) is 25.8 Å². The molecule has 1 aromatic heterocycles. The fourth-order valence-electron chi connectivity index (χ4n) is 1.91. The lowest BCUT2D eigenvalue weighted by Crippen LogP contribution is -1.89. The number of aromatic nitrogens is 2. The molecule has 3 aromatic rings. The van der Waals surface area contributed by atoms with Gasteiger partial charge in [0.15, 0.2) is 0 Å². The second-order valence-corrected chi connectivity index (χ2v) is 5.96. The molecule has 2 aromatic carbocycles. The zero-order valence-corrected chi connectivity index (χ0v) is 12.7. The average Bonchev–Trinajstić information content (AvgIpc) is 2.47. The van der Waals surface area contributed by atoms with Gasteiger partial charge in [-0.1, -0.05) is 47.5 Å². The van der Waals surface area contributed by atoms with Crippen LogP contribution in [0.15, 0.2) is 53.8 Å². The van der Waals surface area contributed by atoms with E-state index in [1.165, 1.54) is 0 Å². The molecule has 0 saturated heterocycles. The van der Waals surface area contributed by atoms with Crippen LogP contribution in [0.3, 0.4) is 0 Å². The lowest BCUT2D eigenvalue weighted by molar-refractivity contribution is 1.10. The van der Waals surface area contributed by atoms with Gasteiger partial charge in [0.25, 0.3) is 0 Å². The predicted molar refractivity (Wildman–Crippen MR) is 85.6 cm³/mol. The summed E-state index contributed by atoms with van der Waals surface area (Å²) in [6, 6.07) is 13.5. The monoisotopic (exact) mass is 320 g/mol. The number of hydrogen-bond acceptors (Lipinski definition) is 3. The molecule has 0 saturated carbocycles. The molecule has 0 aliphatic rings. The molecule has 0 bridgehead atoms. The lowest BCUT2D eigenvalue weighted by Gasteiger charge is -2.07. The fourth-order valence-corrected chi connectivity index (χ4v) is 3.64. The molecule has 0 radical (unpaired) electrons. The summed E-state index contributed by atoms with van der Waals surface area (Å²) >= 11 is 14.0. The van der Waals surface area contributed by atoms with Crippen LogP contribution in [-0.2, 0) is 5.75 Å². The van der Waals surface area contributed by atoms with Crippen LogP contribution < -0.4 is 0 Å². The smallest absolute Gasteiger partial charge is 0.117 e. The van der Waals surface area contributed by atoms with E-state index in [4.69, 9.17) is 23.2 Å². The Labute approximate surface area is 131 Å². The molecule has 0 fully saturated rings. The Morgan fingerprint density at radius 2 is 1.65 bits per heavy atom. The third-order valence-electron chi connectivity index (χ3n) is 2.92. The molecule has 2 nitrogen and oxygen atoms in total. The number of halogens is 2. The van der Waals surface area contributed by atoms with Crippen molar-refractivity contribution in [2.75, 3.05) is 0 Å². The Morgan fingerprint density at radius 3 is 2.45 bits per heavy atom. The van der Waals surface area contributed by atoms with Crippen LogP contribution in [0, 0.1) is 0 Å². The molecule has 3 rings (SSSR count). The Balaban J connectivity index is 1.91. The molecule has 0 spiro atoms. The maximum atomic E-state index is 6.18. The third-order valence-corrected chi connectivity index (χ3v) is 4.66. The summed E-state index contributed by atoms with van der Waals surface area (Å²) in [7, 11) is 0. The van der Waals surface area contributed by atoms with E-state index in [0.717, 1.165) is 21.5 Å². The molecule has 0 unspecified atom stereocenters. The summed E-state index contributed by atoms with van der Waals surface area (Å²) in [6.45, 7) is 0. The third kappa shape index (κ3) is 2.75. The normalized spacial score (nSPS) is 10.9. The van der Waals surface area contributed by atoms with Gasteiger partial charge in [-0.15, -0.1) is 11.8 Å². The number of para-hydroxylation sites is 1. The second kappa shape index (κ2) is 6.00. The van der Waals surface area contributed by atoms with Crippen LogP contribution in [0.5, 0.6) is 0 Å². The number of thioether (sulfide) groups is 1. The molecule has 0 N–H and O–H groups in total. The van der Waals surface area contributed by atoms with Gasteiger partial charge in [-0.25, -0.2) is 9.97 Å². The van der Waals surface area contributed by atoms with Crippen LogP contribution in [0.25, 0.3) is 10.9 Å². The maximum absolute atomic E-state index is 6.18. The molecule has 0 amide bonds. The van der Waals surface area contributed by atoms with Gasteiger partial charge >= 0.3 is 0 Å². The van der Waals surface area contributed by atoms with E-state index in [1.54, 1.807) is 18.1 Å². The summed E-state index contributed by atoms with van der Waals surface area (Å²) in [5.74, 6) is 0.680. The molecule has 0 atom stereocenters. The van der Waals surface area contributed by atoms with Crippen molar-refractivity contribution >= 4 is 45.9 Å². The molecule has 1 heterocycles. The van der Waals surface area contributed by atoms with Crippen LogP contribution >= 0.6 is 35.0 Å². The van der Waals surface area contributed by atoms with Gasteiger partial charge in [0.2, 0.25) is 0 Å². The molecule has 0 aliphatic carbocycles. The van der Waals surface area contributed by atoms with Crippen molar-refractivity contribution in [3.63, 3.8) is 0 Å². The van der Waals surface area contributed by atoms with Crippen LogP contribution in [-0.4, -0.2) is 9.97 Å². The quantitative estimate of drug-likeness (QED) is 0.488. The van der Waals surface area contributed by atoms with E-state index < -0.39 is 0 Å². The largest absolute Gasteiger partial charge is 0.236 e. The highest BCUT2D eigenvalue weighted by Crippen LogP contribution is 2.32. The highest BCUT2D eigenvalue weighted by Gasteiger charge is 2.09. The van der Waals surface area contributed by atoms with Gasteiger partial charge in [-0.2, -0.15) is 0 Å². The van der Waals surface area contributed by atoms with E-state index in [0.29, 0.717) is 15.8 Å². The van der Waals surface area contributed by atoms with E-state index in [-0.39, 0.29) is 0 Å². The van der Waals surface area contributed by atoms with Crippen molar-refractivity contribution in [2.24, 2.45) is 0 Å². The number of nitrogens with zero attached hydrogens (tertiary/aromatic N) is 2. The van der Waals surface area contributed by atoms with Gasteiger partial charge in [0.1, 0.15) is 11.4 Å². The number of fused-ring (bicyclic) bond motifs is 1. The maximum Gasteiger partial charge on any atom is 0.117 e. The standard InChI is InChI=1S/C15H10Cl2N2S/c16-12-5-3-6-13(17)11(12)8-20-15-10-4-1-2-7-14(10)18-9-19-15/h1-7,9H,8H2. The van der Waals surface area contributed by atoms with Gasteiger partial charge in [-0.05, 0) is 23.8 Å². The van der Waals surface area contributed by atoms with E-state index in [9.17, 15) is 0 Å². The van der Waals surface area contributed by atoms with Gasteiger partial charge in [0.05, 0.1) is 5.52 Å². The summed E-state index contributed by atoms with van der Waals surface area (Å²) in [5.41, 5.74) is 1.87. The van der Waals surface area contributed by atoms with E-state index in [1.807, 2.05) is 42.5 Å². The zero-order valence-electron chi connectivity index (χ0n) is 10.4. The first-order chi connectivity index (χ1) is 9.75. The van der Waals surface area contributed by atoms with Gasteiger partial charge in [-0.3, -0.25) is 0 Å². The first-order valence-electron chi connectivity index (χ1n) is 6.01. The van der Waals surface area contributed by atoms with Crippen molar-refractivity contribution in [3.05, 3.63) is 64.4 Å². The minimum atomic E-state index is 0.680. The highest BCUT2D eigenvalue weighted by molar-refractivity contribution is 7.98. The molecule has 100 valence electrons. The minimum Gasteiger partial charge on any atom is -0.236 e. The summed E-state index contributed by atoms with van der Waals surface area (Å²) in [4.78, 5) is 8.60. The van der Waals surface area contributed by atoms with E-state index in [2.05, 4.69) is 9.97 Å². The number of rotatable bonds is 3. The number of hydrogen-bond donors (Lipinski definition) is 0. The number of benzene rings is 2. The Bertz CT molecular complexity index is 736. The van der Waals surface area contributed by atoms with Crippen LogP contribution in [0.2, 0.25) is 10.0 Å². The van der Waals surface area contributed by atoms with Crippen molar-refractivity contribution in [3.8, 4) is 0 Å². The summed E-state index contributed by atoms with van der Waals surface area (Å²) < 4.78 is 0. The molecular formula is C15H10Cl2N2S. The van der Waals surface area contributed by atoms with Gasteiger partial charge in [0, 0.05) is 21.2 Å². The summed E-state index contributed by atoms with van der Waals surface area (Å²) in [5, 5.41) is 3.35. The van der Waals surface area contributed by atoms with Crippen molar-refractivity contribution in [2.45, 2.75) is 10.8 Å². The Kier molecular flexibility index (Phi) is 4.10. The molecular weight excluding hydrogens is 311 g/mol. The van der Waals surface area contributed by atoms with Crippen LogP contribution in [0.1, 0.15) is 5.56 Å². The fraction of sp³-hybridized carbons (Fsp3) is 0.0667. The first kappa shape index (κ1) is 13.7. The van der Waals surface area contributed by atoms with E-state index >= 15 is 0 Å². The first-order valence-corrected chi connectivity index (χ1v) is 7.75. The highest BCUT2D eigenvalue weighted by atomic mass is 35.5. The zero-order chi connectivity index (χ0) is 13.9. The average molecular weight is 321 g/mol. The summed E-state index contributed by atoms with van der Waals surface area (Å²) in [6.07, 6.45) is 1.58. The Morgan fingerprint density at radius 1 is 0.900 bits per heavy atom. The van der Waals surface area contributed by atoms with Crippen molar-refractivity contribution in [1.82, 2.24) is 9.97 Å². The minimum absolute atomic E-state index is 0.680. The SMILES string of the molecule is Clc1cccc(Cl)c1CSc1ncnc2ccccc12. The lowest BCUT2D eigenvalue weighted by atomic mass is 10.2. The molecule has 0 aliphatic heterocycles. The molecule has 20 heavy (non-hydrogen) atoms. The van der Waals surface area contributed by atoms with Crippen LogP contribution in [0.4, 0.5) is 0 Å². The van der Waals surface area contributed by atoms with Crippen molar-refractivity contribution in [1.29, 1.82) is 0 Å². The predicted octanol–water partition coefficient (Wildman–Crippen LogP) is 5.23. The second-order valence-electron chi connectivity index (χ2n) is 4.18. The van der Waals surface area contributed by atoms with Crippen molar-refractivity contribution < 1.29 is 0 Å². The molecule has 5 heteroatoms. The Hall–Kier alpha value is -1.29.